The molecule has 3 aromatic rings. The van der Waals surface area contributed by atoms with E-state index in [-0.39, 0.29) is 11.4 Å². The number of hydrogen-bond donors (Lipinski definition) is 2. The van der Waals surface area contributed by atoms with Gasteiger partial charge in [0, 0.05) is 28.7 Å². The fourth-order valence-electron chi connectivity index (χ4n) is 2.25. The molecule has 1 aromatic heterocycles. The predicted octanol–water partition coefficient (Wildman–Crippen LogP) is 3.43. The minimum Gasteiger partial charge on any atom is -0.361 e. The molecule has 0 saturated heterocycles. The van der Waals surface area contributed by atoms with Crippen molar-refractivity contribution in [3.05, 3.63) is 74.5 Å². The number of rotatable bonds is 5. The van der Waals surface area contributed by atoms with Crippen LogP contribution in [0.5, 0.6) is 0 Å². The molecule has 0 saturated carbocycles. The number of aromatic amines is 1. The monoisotopic (exact) mass is 325 g/mol. The van der Waals surface area contributed by atoms with Gasteiger partial charge in [0.1, 0.15) is 5.69 Å². The normalized spacial score (nSPS) is 11.0. The van der Waals surface area contributed by atoms with E-state index in [9.17, 15) is 20.2 Å². The topological polar surface area (TPSA) is 126 Å². The van der Waals surface area contributed by atoms with Gasteiger partial charge in [-0.05, 0) is 12.1 Å². The van der Waals surface area contributed by atoms with Crippen LogP contribution in [0, 0.1) is 20.2 Å². The molecular formula is C15H11N5O4. The van der Waals surface area contributed by atoms with E-state index >= 15 is 0 Å². The maximum absolute atomic E-state index is 11.0. The van der Waals surface area contributed by atoms with Crippen LogP contribution in [0.4, 0.5) is 17.1 Å². The summed E-state index contributed by atoms with van der Waals surface area (Å²) < 4.78 is 0. The number of anilines is 1. The molecule has 3 rings (SSSR count). The minimum atomic E-state index is -0.698. The molecule has 0 amide bonds. The molecule has 0 aliphatic carbocycles. The second kappa shape index (κ2) is 6.16. The van der Waals surface area contributed by atoms with E-state index in [0.29, 0.717) is 0 Å². The molecule has 1 heterocycles. The second-order valence-electron chi connectivity index (χ2n) is 4.88. The van der Waals surface area contributed by atoms with Crippen LogP contribution < -0.4 is 5.43 Å². The first kappa shape index (κ1) is 15.2. The molecule has 0 aliphatic heterocycles. The Hall–Kier alpha value is -3.75. The number of nitro benzene ring substituents is 2. The maximum atomic E-state index is 11.0. The summed E-state index contributed by atoms with van der Waals surface area (Å²) >= 11 is 0. The van der Waals surface area contributed by atoms with Crippen LogP contribution in [-0.4, -0.2) is 21.0 Å². The van der Waals surface area contributed by atoms with Crippen molar-refractivity contribution < 1.29 is 9.85 Å². The van der Waals surface area contributed by atoms with E-state index in [4.69, 9.17) is 0 Å². The smallest absolute Gasteiger partial charge is 0.301 e. The van der Waals surface area contributed by atoms with Crippen LogP contribution in [0.3, 0.4) is 0 Å². The number of nitrogens with zero attached hydrogens (tertiary/aromatic N) is 3. The van der Waals surface area contributed by atoms with Gasteiger partial charge in [-0.3, -0.25) is 25.7 Å². The van der Waals surface area contributed by atoms with Crippen molar-refractivity contribution in [2.75, 3.05) is 5.43 Å². The molecule has 0 bridgehead atoms. The van der Waals surface area contributed by atoms with E-state index < -0.39 is 15.5 Å². The van der Waals surface area contributed by atoms with Gasteiger partial charge in [-0.2, -0.15) is 5.10 Å². The van der Waals surface area contributed by atoms with Crippen LogP contribution in [0.1, 0.15) is 5.56 Å². The van der Waals surface area contributed by atoms with Crippen molar-refractivity contribution in [1.29, 1.82) is 0 Å². The summed E-state index contributed by atoms with van der Waals surface area (Å²) in [6.07, 6.45) is 3.28. The first-order valence-electron chi connectivity index (χ1n) is 6.84. The number of H-pyrrole nitrogens is 1. The summed E-state index contributed by atoms with van der Waals surface area (Å²) in [4.78, 5) is 23.5. The number of hydrazone groups is 1. The zero-order valence-corrected chi connectivity index (χ0v) is 12.2. The van der Waals surface area contributed by atoms with Crippen molar-refractivity contribution >= 4 is 34.2 Å². The van der Waals surface area contributed by atoms with E-state index in [1.165, 1.54) is 18.3 Å². The molecule has 2 aromatic carbocycles. The maximum Gasteiger partial charge on any atom is 0.301 e. The highest BCUT2D eigenvalue weighted by atomic mass is 16.6. The van der Waals surface area contributed by atoms with E-state index in [1.54, 1.807) is 6.20 Å². The van der Waals surface area contributed by atoms with Crippen molar-refractivity contribution in [3.8, 4) is 0 Å². The van der Waals surface area contributed by atoms with Gasteiger partial charge in [-0.1, -0.05) is 18.2 Å². The van der Waals surface area contributed by atoms with E-state index in [2.05, 4.69) is 15.5 Å². The summed E-state index contributed by atoms with van der Waals surface area (Å²) in [7, 11) is 0. The third-order valence-corrected chi connectivity index (χ3v) is 3.40. The quantitative estimate of drug-likeness (QED) is 0.422. The SMILES string of the molecule is O=[N+]([O-])c1ccc(NN=Cc2c[nH]c3ccccc23)c([N+](=O)[O-])c1. The standard InChI is InChI=1S/C15H11N5O4/c21-19(22)11-5-6-14(15(7-11)20(23)24)18-17-9-10-8-16-13-4-2-1-3-12(10)13/h1-9,16,18H. The number of fused-ring (bicyclic) bond motifs is 1. The van der Waals surface area contributed by atoms with Crippen LogP contribution in [-0.2, 0) is 0 Å². The third-order valence-electron chi connectivity index (χ3n) is 3.40. The van der Waals surface area contributed by atoms with Crippen LogP contribution >= 0.6 is 0 Å². The fourth-order valence-corrected chi connectivity index (χ4v) is 2.25. The minimum absolute atomic E-state index is 0.0710. The lowest BCUT2D eigenvalue weighted by molar-refractivity contribution is -0.393. The van der Waals surface area contributed by atoms with Crippen molar-refractivity contribution in [1.82, 2.24) is 4.98 Å². The molecule has 9 heteroatoms. The van der Waals surface area contributed by atoms with Crippen molar-refractivity contribution in [2.24, 2.45) is 5.10 Å². The molecule has 2 N–H and O–H groups in total. The molecular weight excluding hydrogens is 314 g/mol. The Kier molecular flexibility index (Phi) is 3.89. The van der Waals surface area contributed by atoms with Crippen molar-refractivity contribution in [3.63, 3.8) is 0 Å². The zero-order chi connectivity index (χ0) is 17.1. The largest absolute Gasteiger partial charge is 0.361 e. The Morgan fingerprint density at radius 2 is 1.88 bits per heavy atom. The summed E-state index contributed by atoms with van der Waals surface area (Å²) in [5.41, 5.74) is 3.61. The lowest BCUT2D eigenvalue weighted by atomic mass is 10.2. The Balaban J connectivity index is 1.86. The van der Waals surface area contributed by atoms with Gasteiger partial charge in [-0.15, -0.1) is 0 Å². The third kappa shape index (κ3) is 2.90. The number of aromatic nitrogens is 1. The van der Waals surface area contributed by atoms with Gasteiger partial charge in [0.05, 0.1) is 22.1 Å². The number of benzene rings is 2. The van der Waals surface area contributed by atoms with Crippen LogP contribution in [0.15, 0.2) is 53.8 Å². The van der Waals surface area contributed by atoms with E-state index in [1.807, 2.05) is 24.3 Å². The Labute approximate surface area is 134 Å². The van der Waals surface area contributed by atoms with E-state index in [0.717, 1.165) is 22.5 Å². The Morgan fingerprint density at radius 1 is 1.08 bits per heavy atom. The number of nitrogens with one attached hydrogen (secondary N) is 2. The second-order valence-corrected chi connectivity index (χ2v) is 4.88. The van der Waals surface area contributed by atoms with Gasteiger partial charge in [-0.25, -0.2) is 0 Å². The van der Waals surface area contributed by atoms with Crippen molar-refractivity contribution in [2.45, 2.75) is 0 Å². The number of para-hydroxylation sites is 1. The van der Waals surface area contributed by atoms with Crippen LogP contribution in [0.25, 0.3) is 10.9 Å². The number of non-ortho nitro benzene ring substituents is 1. The summed E-state index contributed by atoms with van der Waals surface area (Å²) in [6.45, 7) is 0. The number of hydrogen-bond acceptors (Lipinski definition) is 6. The molecule has 0 spiro atoms. The lowest BCUT2D eigenvalue weighted by Gasteiger charge is -2.01. The van der Waals surface area contributed by atoms with Crippen LogP contribution in [0.2, 0.25) is 0 Å². The fraction of sp³-hybridized carbons (Fsp3) is 0. The van der Waals surface area contributed by atoms with Gasteiger partial charge in [0.15, 0.2) is 0 Å². The average molecular weight is 325 g/mol. The van der Waals surface area contributed by atoms with Gasteiger partial charge >= 0.3 is 5.69 Å². The molecule has 120 valence electrons. The lowest BCUT2D eigenvalue weighted by Crippen LogP contribution is -1.98. The van der Waals surface area contributed by atoms with Gasteiger partial charge in [0.25, 0.3) is 5.69 Å². The molecule has 0 radical (unpaired) electrons. The molecule has 24 heavy (non-hydrogen) atoms. The number of nitro groups is 2. The Bertz CT molecular complexity index is 963. The summed E-state index contributed by atoms with van der Waals surface area (Å²) in [5.74, 6) is 0. The summed E-state index contributed by atoms with van der Waals surface area (Å²) in [6, 6.07) is 11.0. The average Bonchev–Trinajstić information content (AvgIpc) is 2.98. The zero-order valence-electron chi connectivity index (χ0n) is 12.2. The predicted molar refractivity (Wildman–Crippen MR) is 89.3 cm³/mol. The molecule has 9 nitrogen and oxygen atoms in total. The summed E-state index contributed by atoms with van der Waals surface area (Å²) in [5, 5.41) is 26.7. The molecule has 0 atom stereocenters. The Morgan fingerprint density at radius 3 is 2.62 bits per heavy atom. The first-order chi connectivity index (χ1) is 11.6. The highest BCUT2D eigenvalue weighted by Gasteiger charge is 2.19. The molecule has 0 aliphatic rings. The first-order valence-corrected chi connectivity index (χ1v) is 6.84. The van der Waals surface area contributed by atoms with Gasteiger partial charge < -0.3 is 4.98 Å². The molecule has 0 fully saturated rings. The highest BCUT2D eigenvalue weighted by molar-refractivity contribution is 5.99. The van der Waals surface area contributed by atoms with Gasteiger partial charge in [0.2, 0.25) is 0 Å². The highest BCUT2D eigenvalue weighted by Crippen LogP contribution is 2.28. The molecule has 0 unspecified atom stereocenters.